The van der Waals surface area contributed by atoms with Crippen LogP contribution in [0.25, 0.3) is 0 Å². The fraction of sp³-hybridized carbons (Fsp3) is 0.364. The number of hydrogen-bond acceptors (Lipinski definition) is 3. The van der Waals surface area contributed by atoms with Gasteiger partial charge in [0.2, 0.25) is 0 Å². The molecular formula is C11H11NO2. The van der Waals surface area contributed by atoms with Crippen LogP contribution in [-0.4, -0.2) is 11.8 Å². The smallest absolute Gasteiger partial charge is 0.168 e. The van der Waals surface area contributed by atoms with Crippen molar-refractivity contribution in [2.75, 3.05) is 0 Å². The van der Waals surface area contributed by atoms with Gasteiger partial charge >= 0.3 is 0 Å². The molecule has 2 unspecified atom stereocenters. The molecule has 2 rings (SSSR count). The summed E-state index contributed by atoms with van der Waals surface area (Å²) in [5.41, 5.74) is -0.404. The van der Waals surface area contributed by atoms with E-state index >= 15 is 0 Å². The molecule has 0 radical (unpaired) electrons. The first kappa shape index (κ1) is 9.06. The largest absolute Gasteiger partial charge is 0.300 e. The number of nitrogens with zero attached hydrogens (tertiary/aromatic N) is 1. The number of hydrogen-bond donors (Lipinski definition) is 0. The van der Waals surface area contributed by atoms with Crippen molar-refractivity contribution in [3.05, 3.63) is 40.8 Å². The zero-order chi connectivity index (χ0) is 10.2. The molecule has 1 aromatic carbocycles. The molecular weight excluding hydrogens is 178 g/mol. The van der Waals surface area contributed by atoms with Gasteiger partial charge in [0.15, 0.2) is 11.8 Å². The van der Waals surface area contributed by atoms with E-state index in [0.29, 0.717) is 12.7 Å². The van der Waals surface area contributed by atoms with Crippen LogP contribution in [-0.2, 0) is 10.2 Å². The predicted molar refractivity (Wildman–Crippen MR) is 53.0 cm³/mol. The molecule has 0 saturated heterocycles. The van der Waals surface area contributed by atoms with Gasteiger partial charge in [0.25, 0.3) is 0 Å². The molecule has 3 heteroatoms. The lowest BCUT2D eigenvalue weighted by Gasteiger charge is -2.11. The third kappa shape index (κ3) is 0.953. The van der Waals surface area contributed by atoms with Gasteiger partial charge in [0, 0.05) is 5.41 Å². The average molecular weight is 189 g/mol. The van der Waals surface area contributed by atoms with Gasteiger partial charge in [-0.25, -0.2) is 0 Å². The summed E-state index contributed by atoms with van der Waals surface area (Å²) in [4.78, 5) is 21.4. The minimum atomic E-state index is -1.02. The Labute approximate surface area is 82.1 Å². The number of benzene rings is 1. The lowest BCUT2D eigenvalue weighted by molar-refractivity contribution is -0.110. The molecule has 14 heavy (non-hydrogen) atoms. The van der Waals surface area contributed by atoms with Crippen molar-refractivity contribution in [1.29, 1.82) is 0 Å². The van der Waals surface area contributed by atoms with Crippen LogP contribution in [0.2, 0.25) is 0 Å². The van der Waals surface area contributed by atoms with Gasteiger partial charge in [0.05, 0.1) is 0 Å². The molecule has 1 saturated carbocycles. The van der Waals surface area contributed by atoms with Gasteiger partial charge < -0.3 is 4.79 Å². The monoisotopic (exact) mass is 189 g/mol. The van der Waals surface area contributed by atoms with Crippen molar-refractivity contribution in [2.24, 2.45) is 5.18 Å². The minimum absolute atomic E-state index is 0.391. The Morgan fingerprint density at radius 3 is 2.43 bits per heavy atom. The van der Waals surface area contributed by atoms with Crippen molar-refractivity contribution in [3.63, 3.8) is 0 Å². The van der Waals surface area contributed by atoms with E-state index in [-0.39, 0.29) is 0 Å². The second-order valence-electron chi connectivity index (χ2n) is 4.01. The van der Waals surface area contributed by atoms with Gasteiger partial charge in [-0.3, -0.25) is 0 Å². The van der Waals surface area contributed by atoms with Gasteiger partial charge in [-0.15, -0.1) is 4.91 Å². The van der Waals surface area contributed by atoms with Crippen molar-refractivity contribution in [1.82, 2.24) is 0 Å². The van der Waals surface area contributed by atoms with Crippen molar-refractivity contribution in [2.45, 2.75) is 24.3 Å². The first-order chi connectivity index (χ1) is 6.68. The normalized spacial score (nSPS) is 34.9. The molecule has 0 heterocycles. The zero-order valence-corrected chi connectivity index (χ0v) is 7.93. The highest BCUT2D eigenvalue weighted by Crippen LogP contribution is 2.58. The summed E-state index contributed by atoms with van der Waals surface area (Å²) in [6.07, 6.45) is 1.20. The minimum Gasteiger partial charge on any atom is -0.300 e. The van der Waals surface area contributed by atoms with Crippen molar-refractivity contribution < 1.29 is 4.79 Å². The molecule has 3 nitrogen and oxygen atoms in total. The van der Waals surface area contributed by atoms with Gasteiger partial charge in [-0.05, 0) is 12.0 Å². The van der Waals surface area contributed by atoms with Gasteiger partial charge in [0.1, 0.15) is 0 Å². The number of aldehydes is 1. The predicted octanol–water partition coefficient (Wildman–Crippen LogP) is 2.05. The summed E-state index contributed by atoms with van der Waals surface area (Å²) in [6, 6.07) is 9.57. The number of nitroso groups, excluding NO2 is 1. The summed E-state index contributed by atoms with van der Waals surface area (Å²) in [5, 5.41) is 2.96. The fourth-order valence-electron chi connectivity index (χ4n) is 1.98. The van der Waals surface area contributed by atoms with Gasteiger partial charge in [-0.1, -0.05) is 42.4 Å². The number of carbonyl (C=O) groups excluding carboxylic acids is 1. The SMILES string of the molecule is CC1(c2ccccc2)CC1(C=O)N=O. The molecule has 1 aliphatic carbocycles. The molecule has 0 N–H and O–H groups in total. The molecule has 0 bridgehead atoms. The lowest BCUT2D eigenvalue weighted by atomic mass is 9.93. The van der Waals surface area contributed by atoms with Crippen LogP contribution in [0.1, 0.15) is 18.9 Å². The Morgan fingerprint density at radius 2 is 2.00 bits per heavy atom. The summed E-state index contributed by atoms with van der Waals surface area (Å²) in [7, 11) is 0. The Morgan fingerprint density at radius 1 is 1.36 bits per heavy atom. The quantitative estimate of drug-likeness (QED) is 0.539. The molecule has 1 aliphatic rings. The maximum absolute atomic E-state index is 10.8. The molecule has 1 aromatic rings. The highest BCUT2D eigenvalue weighted by molar-refractivity contribution is 5.76. The average Bonchev–Trinajstić information content (AvgIpc) is 2.88. The highest BCUT2D eigenvalue weighted by atomic mass is 16.3. The first-order valence-corrected chi connectivity index (χ1v) is 4.55. The Kier molecular flexibility index (Phi) is 1.77. The third-order valence-corrected chi connectivity index (χ3v) is 3.22. The summed E-state index contributed by atoms with van der Waals surface area (Å²) >= 11 is 0. The van der Waals surface area contributed by atoms with Crippen molar-refractivity contribution in [3.8, 4) is 0 Å². The molecule has 72 valence electrons. The molecule has 0 amide bonds. The Balaban J connectivity index is 2.39. The first-order valence-electron chi connectivity index (χ1n) is 4.55. The van der Waals surface area contributed by atoms with E-state index in [4.69, 9.17) is 0 Å². The van der Waals surface area contributed by atoms with E-state index < -0.39 is 11.0 Å². The standard InChI is InChI=1S/C11H11NO2/c1-10(7-11(10,8-13)12-14)9-5-3-2-4-6-9/h2-6,8H,7H2,1H3. The van der Waals surface area contributed by atoms with Crippen LogP contribution in [0.15, 0.2) is 35.5 Å². The van der Waals surface area contributed by atoms with E-state index in [1.165, 1.54) is 0 Å². The summed E-state index contributed by atoms with van der Waals surface area (Å²) in [6.45, 7) is 1.90. The van der Waals surface area contributed by atoms with Crippen LogP contribution < -0.4 is 0 Å². The summed E-state index contributed by atoms with van der Waals surface area (Å²) in [5.74, 6) is 0. The van der Waals surface area contributed by atoms with E-state index in [9.17, 15) is 9.70 Å². The van der Waals surface area contributed by atoms with Crippen LogP contribution in [0, 0.1) is 4.91 Å². The van der Waals surface area contributed by atoms with Crippen molar-refractivity contribution >= 4 is 6.29 Å². The number of rotatable bonds is 3. The van der Waals surface area contributed by atoms with E-state index in [0.717, 1.165) is 5.56 Å². The topological polar surface area (TPSA) is 46.5 Å². The van der Waals surface area contributed by atoms with E-state index in [2.05, 4.69) is 5.18 Å². The zero-order valence-electron chi connectivity index (χ0n) is 7.93. The fourth-order valence-corrected chi connectivity index (χ4v) is 1.98. The maximum atomic E-state index is 10.8. The second kappa shape index (κ2) is 2.74. The summed E-state index contributed by atoms with van der Waals surface area (Å²) < 4.78 is 0. The van der Waals surface area contributed by atoms with Gasteiger partial charge in [-0.2, -0.15) is 0 Å². The van der Waals surface area contributed by atoms with Crippen LogP contribution in [0.5, 0.6) is 0 Å². The van der Waals surface area contributed by atoms with Crippen LogP contribution in [0.4, 0.5) is 0 Å². The highest BCUT2D eigenvalue weighted by Gasteiger charge is 2.68. The number of carbonyl (C=O) groups is 1. The Bertz CT molecular complexity index is 366. The molecule has 0 spiro atoms. The van der Waals surface area contributed by atoms with E-state index in [1.54, 1.807) is 0 Å². The second-order valence-corrected chi connectivity index (χ2v) is 4.01. The lowest BCUT2D eigenvalue weighted by Crippen LogP contribution is -2.20. The molecule has 0 aromatic heterocycles. The Hall–Kier alpha value is -1.51. The van der Waals surface area contributed by atoms with Crippen LogP contribution >= 0.6 is 0 Å². The third-order valence-electron chi connectivity index (χ3n) is 3.22. The van der Waals surface area contributed by atoms with Crippen LogP contribution in [0.3, 0.4) is 0 Å². The van der Waals surface area contributed by atoms with E-state index in [1.807, 2.05) is 37.3 Å². The maximum Gasteiger partial charge on any atom is 0.168 e. The molecule has 2 atom stereocenters. The molecule has 1 fully saturated rings. The molecule has 0 aliphatic heterocycles.